The van der Waals surface area contributed by atoms with Gasteiger partial charge in [0.05, 0.1) is 0 Å². The minimum atomic E-state index is -0.369. The minimum Gasteiger partial charge on any atom is -0.333 e. The maximum absolute atomic E-state index is 5.58. The van der Waals surface area contributed by atoms with Crippen LogP contribution >= 0.6 is 36.4 Å². The molecule has 0 aromatic heterocycles. The molecule has 1 rings (SSSR count). The average molecular weight is 246 g/mol. The van der Waals surface area contributed by atoms with Crippen LogP contribution in [-0.2, 0) is 0 Å². The highest BCUT2D eigenvalue weighted by atomic mass is 35.5. The Hall–Kier alpha value is 0.01000. The standard InChI is InChI=1S/C7H8ClN.CH5N.2ClH/c8-7(9)6-4-2-1-3-5-6;1-2;;/h1-5,7H,9H2;2H2,1H3;2*1H. The molecule has 0 heterocycles. The molecule has 5 heteroatoms. The first-order valence-corrected chi connectivity index (χ1v) is 3.76. The summed E-state index contributed by atoms with van der Waals surface area (Å²) in [7, 11) is 1.50. The quantitative estimate of drug-likeness (QED) is 0.589. The van der Waals surface area contributed by atoms with Crippen LogP contribution in [0.15, 0.2) is 30.3 Å². The summed E-state index contributed by atoms with van der Waals surface area (Å²) in [6.07, 6.45) is 0. The zero-order valence-corrected chi connectivity index (χ0v) is 9.70. The number of hydrogen-bond donors (Lipinski definition) is 2. The van der Waals surface area contributed by atoms with Crippen molar-refractivity contribution in [2.75, 3.05) is 7.05 Å². The number of halogens is 3. The van der Waals surface area contributed by atoms with Crippen molar-refractivity contribution in [3.8, 4) is 0 Å². The normalized spacial score (nSPS) is 9.54. The Morgan fingerprint density at radius 1 is 1.08 bits per heavy atom. The Balaban J connectivity index is -0.000000234. The Morgan fingerprint density at radius 2 is 1.46 bits per heavy atom. The number of rotatable bonds is 1. The van der Waals surface area contributed by atoms with E-state index < -0.39 is 0 Å². The third-order valence-corrected chi connectivity index (χ3v) is 1.37. The van der Waals surface area contributed by atoms with Gasteiger partial charge in [0.25, 0.3) is 0 Å². The molecule has 4 N–H and O–H groups in total. The van der Waals surface area contributed by atoms with Crippen LogP contribution in [0.4, 0.5) is 0 Å². The van der Waals surface area contributed by atoms with Crippen LogP contribution in [0, 0.1) is 0 Å². The van der Waals surface area contributed by atoms with Gasteiger partial charge in [0.2, 0.25) is 0 Å². The van der Waals surface area contributed by atoms with E-state index in [0.717, 1.165) is 5.56 Å². The second kappa shape index (κ2) is 12.0. The van der Waals surface area contributed by atoms with Crippen LogP contribution in [0.2, 0.25) is 0 Å². The van der Waals surface area contributed by atoms with Gasteiger partial charge < -0.3 is 11.5 Å². The summed E-state index contributed by atoms with van der Waals surface area (Å²) < 4.78 is 0. The molecule has 1 aromatic rings. The first kappa shape index (κ1) is 18.7. The number of benzene rings is 1. The fraction of sp³-hybridized carbons (Fsp3) is 0.250. The van der Waals surface area contributed by atoms with Crippen molar-refractivity contribution in [2.45, 2.75) is 5.50 Å². The van der Waals surface area contributed by atoms with E-state index >= 15 is 0 Å². The van der Waals surface area contributed by atoms with Gasteiger partial charge in [-0.25, -0.2) is 0 Å². The zero-order chi connectivity index (χ0) is 8.69. The fourth-order valence-corrected chi connectivity index (χ4v) is 0.782. The molecule has 1 aromatic carbocycles. The molecule has 0 aliphatic carbocycles. The first-order chi connectivity index (χ1) is 5.30. The van der Waals surface area contributed by atoms with Gasteiger partial charge in [0, 0.05) is 0 Å². The van der Waals surface area contributed by atoms with Gasteiger partial charge in [0.1, 0.15) is 5.50 Å². The Kier molecular flexibility index (Phi) is 17.3. The molecule has 0 aliphatic heterocycles. The lowest BCUT2D eigenvalue weighted by molar-refractivity contribution is 1.02. The molecule has 2 nitrogen and oxygen atoms in total. The molecule has 13 heavy (non-hydrogen) atoms. The molecule has 0 amide bonds. The SMILES string of the molecule is CN.Cl.Cl.NC(Cl)c1ccccc1. The third kappa shape index (κ3) is 8.34. The van der Waals surface area contributed by atoms with Gasteiger partial charge in [-0.15, -0.1) is 36.4 Å². The van der Waals surface area contributed by atoms with Crippen LogP contribution in [0.25, 0.3) is 0 Å². The first-order valence-electron chi connectivity index (χ1n) is 3.33. The Morgan fingerprint density at radius 3 is 1.69 bits per heavy atom. The van der Waals surface area contributed by atoms with Crippen molar-refractivity contribution in [1.29, 1.82) is 0 Å². The summed E-state index contributed by atoms with van der Waals surface area (Å²) in [6, 6.07) is 9.56. The number of hydrogen-bond acceptors (Lipinski definition) is 2. The van der Waals surface area contributed by atoms with Crippen molar-refractivity contribution in [2.24, 2.45) is 11.5 Å². The minimum absolute atomic E-state index is 0. The lowest BCUT2D eigenvalue weighted by Gasteiger charge is -1.99. The molecule has 0 fully saturated rings. The average Bonchev–Trinajstić information content (AvgIpc) is 2.10. The van der Waals surface area contributed by atoms with E-state index in [0.29, 0.717) is 0 Å². The summed E-state index contributed by atoms with van der Waals surface area (Å²) >= 11 is 5.58. The second-order valence-electron chi connectivity index (χ2n) is 1.81. The molecule has 0 saturated heterocycles. The highest BCUT2D eigenvalue weighted by molar-refractivity contribution is 6.20. The van der Waals surface area contributed by atoms with E-state index in [1.165, 1.54) is 7.05 Å². The van der Waals surface area contributed by atoms with E-state index in [-0.39, 0.29) is 30.3 Å². The largest absolute Gasteiger partial charge is 0.333 e. The Labute approximate surface area is 96.5 Å². The second-order valence-corrected chi connectivity index (χ2v) is 2.28. The van der Waals surface area contributed by atoms with Crippen LogP contribution in [0.1, 0.15) is 11.1 Å². The summed E-state index contributed by atoms with van der Waals surface area (Å²) in [5, 5.41) is 0. The van der Waals surface area contributed by atoms with Gasteiger partial charge in [-0.3, -0.25) is 0 Å². The van der Waals surface area contributed by atoms with Gasteiger partial charge >= 0.3 is 0 Å². The molecule has 0 saturated carbocycles. The van der Waals surface area contributed by atoms with Crippen LogP contribution in [-0.4, -0.2) is 7.05 Å². The fourth-order valence-electron chi connectivity index (χ4n) is 0.637. The van der Waals surface area contributed by atoms with Crippen LogP contribution < -0.4 is 11.5 Å². The molecule has 0 bridgehead atoms. The molecular formula is C8H15Cl3N2. The van der Waals surface area contributed by atoms with Crippen molar-refractivity contribution < 1.29 is 0 Å². The maximum atomic E-state index is 5.58. The highest BCUT2D eigenvalue weighted by Gasteiger charge is 1.96. The Bertz CT molecular complexity index is 180. The van der Waals surface area contributed by atoms with Gasteiger partial charge in [-0.2, -0.15) is 0 Å². The van der Waals surface area contributed by atoms with E-state index in [1.807, 2.05) is 30.3 Å². The van der Waals surface area contributed by atoms with Crippen LogP contribution in [0.5, 0.6) is 0 Å². The monoisotopic (exact) mass is 244 g/mol. The van der Waals surface area contributed by atoms with E-state index in [9.17, 15) is 0 Å². The summed E-state index contributed by atoms with van der Waals surface area (Å²) in [4.78, 5) is 0. The topological polar surface area (TPSA) is 52.0 Å². The lowest BCUT2D eigenvalue weighted by atomic mass is 10.2. The predicted molar refractivity (Wildman–Crippen MR) is 63.8 cm³/mol. The number of alkyl halides is 1. The maximum Gasteiger partial charge on any atom is 0.106 e. The highest BCUT2D eigenvalue weighted by Crippen LogP contribution is 2.11. The van der Waals surface area contributed by atoms with Crippen molar-refractivity contribution in [3.63, 3.8) is 0 Å². The van der Waals surface area contributed by atoms with Crippen molar-refractivity contribution in [3.05, 3.63) is 35.9 Å². The molecule has 1 unspecified atom stereocenters. The molecule has 0 spiro atoms. The predicted octanol–water partition coefficient (Wildman–Crippen LogP) is 2.30. The lowest BCUT2D eigenvalue weighted by Crippen LogP contribution is -2.00. The van der Waals surface area contributed by atoms with Gasteiger partial charge in [0.15, 0.2) is 0 Å². The van der Waals surface area contributed by atoms with E-state index in [1.54, 1.807) is 0 Å². The number of nitrogens with two attached hydrogens (primary N) is 2. The molecule has 1 atom stereocenters. The van der Waals surface area contributed by atoms with Gasteiger partial charge in [-0.1, -0.05) is 30.3 Å². The molecular weight excluding hydrogens is 230 g/mol. The molecule has 0 aliphatic rings. The summed E-state index contributed by atoms with van der Waals surface area (Å²) in [5.41, 5.74) is 10.5. The van der Waals surface area contributed by atoms with Gasteiger partial charge in [-0.05, 0) is 12.6 Å². The van der Waals surface area contributed by atoms with E-state index in [4.69, 9.17) is 17.3 Å². The van der Waals surface area contributed by atoms with Crippen LogP contribution in [0.3, 0.4) is 0 Å². The third-order valence-electron chi connectivity index (χ3n) is 1.12. The van der Waals surface area contributed by atoms with Crippen molar-refractivity contribution in [1.82, 2.24) is 0 Å². The molecule has 78 valence electrons. The zero-order valence-electron chi connectivity index (χ0n) is 7.31. The van der Waals surface area contributed by atoms with Crippen molar-refractivity contribution >= 4 is 36.4 Å². The smallest absolute Gasteiger partial charge is 0.106 e. The molecule has 0 radical (unpaired) electrons. The van der Waals surface area contributed by atoms with E-state index in [2.05, 4.69) is 5.73 Å². The summed E-state index contributed by atoms with van der Waals surface area (Å²) in [5.74, 6) is 0. The summed E-state index contributed by atoms with van der Waals surface area (Å²) in [6.45, 7) is 0.